The van der Waals surface area contributed by atoms with Crippen LogP contribution >= 0.6 is 0 Å². The molecule has 0 fully saturated rings. The van der Waals surface area contributed by atoms with Crippen molar-refractivity contribution in [3.63, 3.8) is 0 Å². The molecule has 0 spiro atoms. The van der Waals surface area contributed by atoms with Crippen LogP contribution < -0.4 is 32.0 Å². The van der Waals surface area contributed by atoms with Gasteiger partial charge in [-0.25, -0.2) is 18.7 Å². The summed E-state index contributed by atoms with van der Waals surface area (Å²) >= 11 is 0. The second-order valence-corrected chi connectivity index (χ2v) is 7.84. The van der Waals surface area contributed by atoms with Crippen LogP contribution in [0.5, 0.6) is 23.3 Å². The molecule has 4 aromatic rings. The van der Waals surface area contributed by atoms with Crippen LogP contribution in [0.2, 0.25) is 0 Å². The Bertz CT molecular complexity index is 1890. The van der Waals surface area contributed by atoms with Crippen molar-refractivity contribution in [3.05, 3.63) is 119 Å². The van der Waals surface area contributed by atoms with Crippen molar-refractivity contribution in [2.45, 2.75) is 0 Å². The van der Waals surface area contributed by atoms with Crippen molar-refractivity contribution in [3.8, 4) is 34.6 Å². The molecule has 0 unspecified atom stereocenters. The summed E-state index contributed by atoms with van der Waals surface area (Å²) in [5.74, 6) is -0.690. The van der Waals surface area contributed by atoms with E-state index in [-0.39, 0.29) is 28.3 Å². The average Bonchev–Trinajstić information content (AvgIpc) is 2.92. The molecule has 198 valence electrons. The molecular formula is C27H22N4O8. The zero-order valence-corrected chi connectivity index (χ0v) is 20.7. The molecule has 4 rings (SSSR count). The molecule has 0 saturated heterocycles. The van der Waals surface area contributed by atoms with Crippen LogP contribution in [0.4, 0.5) is 0 Å². The highest BCUT2D eigenvalue weighted by molar-refractivity contribution is 5.60. The summed E-state index contributed by atoms with van der Waals surface area (Å²) in [6, 6.07) is 12.8. The monoisotopic (exact) mass is 530 g/mol. The van der Waals surface area contributed by atoms with Crippen molar-refractivity contribution in [1.82, 2.24) is 19.1 Å². The van der Waals surface area contributed by atoms with Gasteiger partial charge in [-0.1, -0.05) is 30.3 Å². The lowest BCUT2D eigenvalue weighted by Crippen LogP contribution is -2.30. The smallest absolute Gasteiger partial charge is 0.335 e. The van der Waals surface area contributed by atoms with E-state index in [0.29, 0.717) is 5.75 Å². The fraction of sp³-hybridized carbons (Fsp3) is 0.0741. The molecule has 0 amide bonds. The molecule has 0 aliphatic rings. The van der Waals surface area contributed by atoms with Gasteiger partial charge in [0.1, 0.15) is 22.6 Å². The average molecular weight is 530 g/mol. The molecule has 12 heteroatoms. The van der Waals surface area contributed by atoms with E-state index >= 15 is 0 Å². The summed E-state index contributed by atoms with van der Waals surface area (Å²) in [4.78, 5) is 53.8. The number of aromatic nitrogens is 4. The van der Waals surface area contributed by atoms with Gasteiger partial charge in [0.15, 0.2) is 0 Å². The van der Waals surface area contributed by atoms with E-state index in [1.807, 2.05) is 0 Å². The van der Waals surface area contributed by atoms with Gasteiger partial charge in [-0.3, -0.25) is 19.6 Å². The number of hydrogen-bond donors (Lipinski definition) is 4. The van der Waals surface area contributed by atoms with Crippen LogP contribution in [-0.2, 0) is 0 Å². The van der Waals surface area contributed by atoms with Crippen molar-refractivity contribution in [2.24, 2.45) is 0 Å². The Balaban J connectivity index is 1.73. The van der Waals surface area contributed by atoms with E-state index in [9.17, 15) is 29.4 Å². The van der Waals surface area contributed by atoms with E-state index < -0.39 is 34.3 Å². The van der Waals surface area contributed by atoms with Gasteiger partial charge in [0.2, 0.25) is 11.8 Å². The van der Waals surface area contributed by atoms with Gasteiger partial charge in [-0.15, -0.1) is 5.73 Å². The van der Waals surface area contributed by atoms with Gasteiger partial charge in [0.05, 0.1) is 25.6 Å². The summed E-state index contributed by atoms with van der Waals surface area (Å²) in [5, 5.41) is 21.4. The van der Waals surface area contributed by atoms with E-state index in [0.717, 1.165) is 15.2 Å². The standard InChI is InChI=1S/C27H22N4O8/c1-38-20-14-8-6-12-18(20)30-24(34)16(22(32)28-26(30)36)10-4-3-5-11-17-23(33)29-27(37)31(25(17)35)19-13-7-9-15-21(19)39-2/h3-4,6-15,34-35H,1-2H3,(H,28,32,36)(H,29,33,37). The number of hydrogen-bond acceptors (Lipinski definition) is 8. The molecule has 0 bridgehead atoms. The highest BCUT2D eigenvalue weighted by atomic mass is 16.5. The summed E-state index contributed by atoms with van der Waals surface area (Å²) < 4.78 is 12.2. The van der Waals surface area contributed by atoms with E-state index in [4.69, 9.17) is 9.47 Å². The molecule has 12 nitrogen and oxygen atoms in total. The normalized spacial score (nSPS) is 10.7. The Labute approximate surface area is 219 Å². The number of para-hydroxylation sites is 4. The van der Waals surface area contributed by atoms with Gasteiger partial charge in [-0.2, -0.15) is 0 Å². The van der Waals surface area contributed by atoms with Gasteiger partial charge < -0.3 is 19.7 Å². The van der Waals surface area contributed by atoms with E-state index in [1.54, 1.807) is 36.4 Å². The second-order valence-electron chi connectivity index (χ2n) is 7.84. The lowest BCUT2D eigenvalue weighted by molar-refractivity contribution is 0.401. The Kier molecular flexibility index (Phi) is 7.50. The van der Waals surface area contributed by atoms with E-state index in [2.05, 4.69) is 15.7 Å². The van der Waals surface area contributed by atoms with Crippen molar-refractivity contribution in [1.29, 1.82) is 0 Å². The predicted molar refractivity (Wildman–Crippen MR) is 143 cm³/mol. The Morgan fingerprint density at radius 1 is 0.744 bits per heavy atom. The summed E-state index contributed by atoms with van der Waals surface area (Å²) in [5.41, 5.74) is -0.865. The molecule has 0 aliphatic carbocycles. The number of rotatable bonds is 7. The number of benzene rings is 2. The second kappa shape index (κ2) is 11.1. The maximum atomic E-state index is 12.4. The molecule has 2 aromatic carbocycles. The van der Waals surface area contributed by atoms with Crippen LogP contribution in [0.3, 0.4) is 0 Å². The number of aromatic amines is 2. The SMILES string of the molecule is COc1ccccc1-n1c(O)c(C=C=CC=Cc2c(O)n(-c3ccccc3OC)c(=O)[nH]c2=O)c(=O)[nH]c1=O. The van der Waals surface area contributed by atoms with Crippen LogP contribution in [0.25, 0.3) is 23.5 Å². The third kappa shape index (κ3) is 5.08. The van der Waals surface area contributed by atoms with Crippen LogP contribution in [0, 0.1) is 0 Å². The lowest BCUT2D eigenvalue weighted by atomic mass is 10.2. The fourth-order valence-electron chi connectivity index (χ4n) is 3.76. The molecule has 2 heterocycles. The van der Waals surface area contributed by atoms with Gasteiger partial charge in [0.25, 0.3) is 11.1 Å². The molecule has 0 aliphatic heterocycles. The number of nitrogens with zero attached hydrogens (tertiary/aromatic N) is 2. The number of methoxy groups -OCH3 is 2. The highest BCUT2D eigenvalue weighted by Gasteiger charge is 2.17. The largest absolute Gasteiger partial charge is 0.495 e. The van der Waals surface area contributed by atoms with Crippen LogP contribution in [0.15, 0.2) is 85.6 Å². The van der Waals surface area contributed by atoms with Crippen molar-refractivity contribution in [2.75, 3.05) is 14.2 Å². The highest BCUT2D eigenvalue weighted by Crippen LogP contribution is 2.26. The van der Waals surface area contributed by atoms with Crippen LogP contribution in [-0.4, -0.2) is 43.5 Å². The number of aromatic hydroxyl groups is 2. The Morgan fingerprint density at radius 2 is 1.21 bits per heavy atom. The number of ether oxygens (including phenoxy) is 2. The third-order valence-corrected chi connectivity index (χ3v) is 5.58. The molecule has 0 atom stereocenters. The first kappa shape index (κ1) is 26.3. The molecular weight excluding hydrogens is 508 g/mol. The lowest BCUT2D eigenvalue weighted by Gasteiger charge is -2.13. The maximum absolute atomic E-state index is 12.4. The molecule has 2 aromatic heterocycles. The first-order valence-corrected chi connectivity index (χ1v) is 11.3. The minimum atomic E-state index is -0.872. The summed E-state index contributed by atoms with van der Waals surface area (Å²) in [6.07, 6.45) is 4.96. The molecule has 0 saturated carbocycles. The Morgan fingerprint density at radius 3 is 1.72 bits per heavy atom. The van der Waals surface area contributed by atoms with E-state index in [1.165, 1.54) is 44.6 Å². The van der Waals surface area contributed by atoms with Gasteiger partial charge >= 0.3 is 11.4 Å². The minimum Gasteiger partial charge on any atom is -0.495 e. The Hall–Kier alpha value is -5.74. The van der Waals surface area contributed by atoms with Gasteiger partial charge in [-0.05, 0) is 42.5 Å². The first-order chi connectivity index (χ1) is 18.8. The first-order valence-electron chi connectivity index (χ1n) is 11.3. The van der Waals surface area contributed by atoms with Crippen molar-refractivity contribution >= 4 is 12.2 Å². The number of allylic oxidation sites excluding steroid dienone is 2. The van der Waals surface area contributed by atoms with Crippen LogP contribution in [0.1, 0.15) is 11.1 Å². The topological polar surface area (TPSA) is 169 Å². The third-order valence-electron chi connectivity index (χ3n) is 5.58. The quantitative estimate of drug-likeness (QED) is 0.207. The number of nitrogens with one attached hydrogen (secondary N) is 2. The number of H-pyrrole nitrogens is 2. The summed E-state index contributed by atoms with van der Waals surface area (Å²) in [7, 11) is 2.80. The van der Waals surface area contributed by atoms with Crippen molar-refractivity contribution < 1.29 is 19.7 Å². The summed E-state index contributed by atoms with van der Waals surface area (Å²) in [6.45, 7) is 0. The molecule has 4 N–H and O–H groups in total. The minimum absolute atomic E-state index is 0.206. The fourth-order valence-corrected chi connectivity index (χ4v) is 3.76. The van der Waals surface area contributed by atoms with Gasteiger partial charge in [0, 0.05) is 0 Å². The zero-order valence-electron chi connectivity index (χ0n) is 20.7. The predicted octanol–water partition coefficient (Wildman–Crippen LogP) is 1.68. The molecule has 39 heavy (non-hydrogen) atoms. The molecule has 0 radical (unpaired) electrons. The zero-order chi connectivity index (χ0) is 28.1. The maximum Gasteiger partial charge on any atom is 0.335 e.